The number of hydrogen-bond donors (Lipinski definition) is 1. The molecule has 3 heteroatoms. The van der Waals surface area contributed by atoms with Crippen molar-refractivity contribution in [1.82, 2.24) is 0 Å². The van der Waals surface area contributed by atoms with E-state index in [-0.39, 0.29) is 0 Å². The molecular weight excluding hydrogens is 264 g/mol. The van der Waals surface area contributed by atoms with Gasteiger partial charge in [-0.2, -0.15) is 0 Å². The number of methoxy groups -OCH3 is 1. The second-order valence-corrected chi connectivity index (χ2v) is 5.46. The maximum atomic E-state index is 10.9. The highest BCUT2D eigenvalue weighted by Crippen LogP contribution is 2.34. The van der Waals surface area contributed by atoms with Crippen LogP contribution in [0.25, 0.3) is 11.0 Å². The van der Waals surface area contributed by atoms with Gasteiger partial charge in [0.1, 0.15) is 22.7 Å². The molecule has 0 aliphatic carbocycles. The molecule has 0 saturated carbocycles. The quantitative estimate of drug-likeness (QED) is 0.789. The molecular formula is C18H18O3. The number of fused-ring (bicyclic) bond motifs is 1. The van der Waals surface area contributed by atoms with E-state index in [0.717, 1.165) is 22.1 Å². The predicted octanol–water partition coefficient (Wildman–Crippen LogP) is 4.01. The van der Waals surface area contributed by atoms with Crippen molar-refractivity contribution in [1.29, 1.82) is 0 Å². The van der Waals surface area contributed by atoms with Crippen LogP contribution in [-0.2, 0) is 5.60 Å². The van der Waals surface area contributed by atoms with E-state index in [2.05, 4.69) is 0 Å². The Kier molecular flexibility index (Phi) is 3.22. The summed E-state index contributed by atoms with van der Waals surface area (Å²) in [4.78, 5) is 0. The largest absolute Gasteiger partial charge is 0.497 e. The van der Waals surface area contributed by atoms with E-state index < -0.39 is 5.60 Å². The van der Waals surface area contributed by atoms with Crippen molar-refractivity contribution in [2.24, 2.45) is 0 Å². The molecule has 1 unspecified atom stereocenters. The molecule has 0 fully saturated rings. The number of rotatable bonds is 3. The Morgan fingerprint density at radius 2 is 1.90 bits per heavy atom. The molecule has 1 aromatic heterocycles. The molecule has 2 aromatic carbocycles. The van der Waals surface area contributed by atoms with Crippen molar-refractivity contribution >= 4 is 11.0 Å². The Labute approximate surface area is 123 Å². The summed E-state index contributed by atoms with van der Waals surface area (Å²) in [6.07, 6.45) is 0. The van der Waals surface area contributed by atoms with Gasteiger partial charge < -0.3 is 14.3 Å². The first-order chi connectivity index (χ1) is 10.0. The van der Waals surface area contributed by atoms with Crippen LogP contribution < -0.4 is 4.74 Å². The van der Waals surface area contributed by atoms with Crippen LogP contribution in [-0.4, -0.2) is 12.2 Å². The molecule has 0 spiro atoms. The Morgan fingerprint density at radius 3 is 2.67 bits per heavy atom. The molecule has 0 radical (unpaired) electrons. The van der Waals surface area contributed by atoms with Gasteiger partial charge in [-0.05, 0) is 49.7 Å². The SMILES string of the molecule is COc1cccc(C(C)(O)c2cc3cc(C)ccc3o2)c1. The molecule has 3 rings (SSSR count). The minimum absolute atomic E-state index is 0.524. The molecule has 0 aliphatic heterocycles. The molecule has 0 aliphatic rings. The van der Waals surface area contributed by atoms with E-state index in [0.29, 0.717) is 11.5 Å². The van der Waals surface area contributed by atoms with Gasteiger partial charge >= 0.3 is 0 Å². The van der Waals surface area contributed by atoms with Crippen molar-refractivity contribution in [3.05, 3.63) is 65.4 Å². The standard InChI is InChI=1S/C18H18O3/c1-12-7-8-16-13(9-12)10-17(21-16)18(2,19)14-5-4-6-15(11-14)20-3/h4-11,19H,1-3H3. The van der Waals surface area contributed by atoms with Crippen LogP contribution in [0.4, 0.5) is 0 Å². The lowest BCUT2D eigenvalue weighted by atomic mass is 9.93. The van der Waals surface area contributed by atoms with Crippen LogP contribution in [0.3, 0.4) is 0 Å². The molecule has 1 atom stereocenters. The number of hydrogen-bond acceptors (Lipinski definition) is 3. The predicted molar refractivity (Wildman–Crippen MR) is 82.6 cm³/mol. The second-order valence-electron chi connectivity index (χ2n) is 5.46. The van der Waals surface area contributed by atoms with Crippen LogP contribution in [0.15, 0.2) is 52.9 Å². The number of ether oxygens (including phenoxy) is 1. The first kappa shape index (κ1) is 13.7. The smallest absolute Gasteiger partial charge is 0.144 e. The fraction of sp³-hybridized carbons (Fsp3) is 0.222. The van der Waals surface area contributed by atoms with Crippen LogP contribution >= 0.6 is 0 Å². The van der Waals surface area contributed by atoms with Crippen LogP contribution in [0.1, 0.15) is 23.8 Å². The zero-order chi connectivity index (χ0) is 15.0. The van der Waals surface area contributed by atoms with Crippen LogP contribution in [0.2, 0.25) is 0 Å². The molecule has 3 nitrogen and oxygen atoms in total. The highest BCUT2D eigenvalue weighted by molar-refractivity contribution is 5.79. The summed E-state index contributed by atoms with van der Waals surface area (Å²) in [5, 5.41) is 11.9. The number of furan rings is 1. The topological polar surface area (TPSA) is 42.6 Å². The molecule has 0 bridgehead atoms. The van der Waals surface area contributed by atoms with Gasteiger partial charge in [-0.25, -0.2) is 0 Å². The molecule has 0 amide bonds. The molecule has 1 N–H and O–H groups in total. The number of aliphatic hydroxyl groups is 1. The van der Waals surface area contributed by atoms with Gasteiger partial charge in [-0.3, -0.25) is 0 Å². The summed E-state index contributed by atoms with van der Waals surface area (Å²) in [6.45, 7) is 3.76. The zero-order valence-electron chi connectivity index (χ0n) is 12.4. The Balaban J connectivity index is 2.09. The minimum Gasteiger partial charge on any atom is -0.497 e. The third kappa shape index (κ3) is 2.41. The van der Waals surface area contributed by atoms with Gasteiger partial charge in [0.25, 0.3) is 0 Å². The summed E-state index contributed by atoms with van der Waals surface area (Å²) < 4.78 is 11.0. The third-order valence-corrected chi connectivity index (χ3v) is 3.78. The van der Waals surface area contributed by atoms with E-state index in [1.807, 2.05) is 55.5 Å². The normalized spacial score (nSPS) is 14.1. The first-order valence-corrected chi connectivity index (χ1v) is 6.88. The highest BCUT2D eigenvalue weighted by atomic mass is 16.5. The number of aryl methyl sites for hydroxylation is 1. The summed E-state index contributed by atoms with van der Waals surface area (Å²) in [6, 6.07) is 15.2. The molecule has 1 heterocycles. The molecule has 108 valence electrons. The zero-order valence-corrected chi connectivity index (χ0v) is 12.4. The summed E-state index contributed by atoms with van der Waals surface area (Å²) in [7, 11) is 1.61. The van der Waals surface area contributed by atoms with E-state index >= 15 is 0 Å². The van der Waals surface area contributed by atoms with E-state index in [1.165, 1.54) is 0 Å². The summed E-state index contributed by atoms with van der Waals surface area (Å²) in [5.74, 6) is 1.23. The average molecular weight is 282 g/mol. The van der Waals surface area contributed by atoms with Gasteiger partial charge in [0.05, 0.1) is 7.11 Å². The van der Waals surface area contributed by atoms with Gasteiger partial charge in [-0.15, -0.1) is 0 Å². The fourth-order valence-corrected chi connectivity index (χ4v) is 2.47. The molecule has 0 saturated heterocycles. The fourth-order valence-electron chi connectivity index (χ4n) is 2.47. The lowest BCUT2D eigenvalue weighted by molar-refractivity contribution is 0.0784. The van der Waals surface area contributed by atoms with Crippen molar-refractivity contribution in [3.8, 4) is 5.75 Å². The van der Waals surface area contributed by atoms with Crippen LogP contribution in [0, 0.1) is 6.92 Å². The third-order valence-electron chi connectivity index (χ3n) is 3.78. The minimum atomic E-state index is -1.21. The highest BCUT2D eigenvalue weighted by Gasteiger charge is 2.30. The maximum Gasteiger partial charge on any atom is 0.144 e. The average Bonchev–Trinajstić information content (AvgIpc) is 2.91. The van der Waals surface area contributed by atoms with E-state index in [9.17, 15) is 5.11 Å². The Morgan fingerprint density at radius 1 is 1.10 bits per heavy atom. The first-order valence-electron chi connectivity index (χ1n) is 6.88. The van der Waals surface area contributed by atoms with Crippen LogP contribution in [0.5, 0.6) is 5.75 Å². The Bertz CT molecular complexity index is 784. The van der Waals surface area contributed by atoms with Crippen molar-refractivity contribution in [3.63, 3.8) is 0 Å². The lowest BCUT2D eigenvalue weighted by Crippen LogP contribution is -2.21. The van der Waals surface area contributed by atoms with E-state index in [1.54, 1.807) is 14.0 Å². The lowest BCUT2D eigenvalue weighted by Gasteiger charge is -2.21. The van der Waals surface area contributed by atoms with Gasteiger partial charge in [0.15, 0.2) is 0 Å². The van der Waals surface area contributed by atoms with Crippen molar-refractivity contribution < 1.29 is 14.3 Å². The molecule has 21 heavy (non-hydrogen) atoms. The van der Waals surface area contributed by atoms with E-state index in [4.69, 9.17) is 9.15 Å². The van der Waals surface area contributed by atoms with Crippen molar-refractivity contribution in [2.45, 2.75) is 19.4 Å². The van der Waals surface area contributed by atoms with Gasteiger partial charge in [0, 0.05) is 5.39 Å². The van der Waals surface area contributed by atoms with Gasteiger partial charge in [0.2, 0.25) is 0 Å². The van der Waals surface area contributed by atoms with Crippen molar-refractivity contribution in [2.75, 3.05) is 7.11 Å². The summed E-state index contributed by atoms with van der Waals surface area (Å²) >= 11 is 0. The number of benzene rings is 2. The van der Waals surface area contributed by atoms with Gasteiger partial charge in [-0.1, -0.05) is 23.8 Å². The summed E-state index contributed by atoms with van der Waals surface area (Å²) in [5.41, 5.74) is 1.47. The monoisotopic (exact) mass is 282 g/mol. The maximum absolute atomic E-state index is 10.9. The molecule has 3 aromatic rings. The Hall–Kier alpha value is -2.26. The second kappa shape index (κ2) is 4.93.